The van der Waals surface area contributed by atoms with Gasteiger partial charge in [-0.05, 0) is 53.4 Å². The number of fused-ring (bicyclic) bond motifs is 1. The number of nitrogens with one attached hydrogen (secondary N) is 1. The van der Waals surface area contributed by atoms with Crippen molar-refractivity contribution in [2.45, 2.75) is 36.4 Å². The van der Waals surface area contributed by atoms with E-state index in [0.717, 1.165) is 39.6 Å². The Labute approximate surface area is 248 Å². The van der Waals surface area contributed by atoms with E-state index in [1.807, 2.05) is 55.7 Å². The highest BCUT2D eigenvalue weighted by Gasteiger charge is 2.30. The number of carbonyl (C=O) groups excluding carboxylic acids is 2. The Hall–Kier alpha value is -4.26. The second-order valence-corrected chi connectivity index (χ2v) is 11.5. The van der Waals surface area contributed by atoms with E-state index in [0.29, 0.717) is 22.7 Å². The largest absolute Gasteiger partial charge is 0.368 e. The minimum absolute atomic E-state index is 0.0245. The number of benzene rings is 3. The van der Waals surface area contributed by atoms with Crippen LogP contribution < -0.4 is 16.0 Å². The van der Waals surface area contributed by atoms with E-state index < -0.39 is 11.9 Å². The van der Waals surface area contributed by atoms with Gasteiger partial charge in [0, 0.05) is 29.1 Å². The maximum Gasteiger partial charge on any atom is 0.253 e. The van der Waals surface area contributed by atoms with Gasteiger partial charge in [0.05, 0.1) is 42.3 Å². The highest BCUT2D eigenvalue weighted by atomic mass is 35.5. The summed E-state index contributed by atoms with van der Waals surface area (Å²) in [5.41, 5.74) is 9.78. The average Bonchev–Trinajstić information content (AvgIpc) is 3.45. The molecule has 2 atom stereocenters. The van der Waals surface area contributed by atoms with Gasteiger partial charge in [-0.2, -0.15) is 5.26 Å². The quantitative estimate of drug-likeness (QED) is 0.287. The molecule has 3 N–H and O–H groups in total. The first-order valence-corrected chi connectivity index (χ1v) is 14.5. The van der Waals surface area contributed by atoms with Crippen LogP contribution in [0, 0.1) is 11.3 Å². The molecule has 3 aromatic carbocycles. The van der Waals surface area contributed by atoms with Crippen molar-refractivity contribution >= 4 is 41.0 Å². The van der Waals surface area contributed by atoms with E-state index in [4.69, 9.17) is 22.6 Å². The van der Waals surface area contributed by atoms with Gasteiger partial charge in [0.25, 0.3) is 5.91 Å². The van der Waals surface area contributed by atoms with Crippen molar-refractivity contribution in [3.8, 4) is 6.07 Å². The predicted molar refractivity (Wildman–Crippen MR) is 161 cm³/mol. The van der Waals surface area contributed by atoms with Gasteiger partial charge in [0.1, 0.15) is 11.9 Å². The summed E-state index contributed by atoms with van der Waals surface area (Å²) >= 11 is 7.63. The molecule has 10 heteroatoms. The number of hydrogen-bond donors (Lipinski definition) is 2. The Balaban J connectivity index is 1.36. The first-order valence-electron chi connectivity index (χ1n) is 13.2. The molecule has 0 saturated carbocycles. The molecule has 0 fully saturated rings. The summed E-state index contributed by atoms with van der Waals surface area (Å²) < 4.78 is 2.08. The highest BCUT2D eigenvalue weighted by molar-refractivity contribution is 7.99. The van der Waals surface area contributed by atoms with Crippen LogP contribution in [0.3, 0.4) is 0 Å². The maximum absolute atomic E-state index is 13.5. The van der Waals surface area contributed by atoms with Crippen LogP contribution >= 0.6 is 23.4 Å². The SMILES string of the molecule is CN(c1cncn1Cc1ccc(C#N)cc1)C1CCSc2c(C(=O)N[C@@H](Cc3ccc(Cl)cc3)C(N)=O)cccc21. The molecule has 1 unspecified atom stereocenters. The second-order valence-electron chi connectivity index (χ2n) is 9.94. The molecule has 0 spiro atoms. The summed E-state index contributed by atoms with van der Waals surface area (Å²) in [6.07, 6.45) is 4.81. The van der Waals surface area contributed by atoms with Crippen molar-refractivity contribution in [3.63, 3.8) is 0 Å². The van der Waals surface area contributed by atoms with Gasteiger partial charge in [-0.15, -0.1) is 11.8 Å². The molecular formula is C31H29ClN6O2S. The summed E-state index contributed by atoms with van der Waals surface area (Å²) in [7, 11) is 2.04. The van der Waals surface area contributed by atoms with E-state index in [1.165, 1.54) is 0 Å². The number of aromatic nitrogens is 2. The summed E-state index contributed by atoms with van der Waals surface area (Å²) in [6, 6.07) is 21.7. The third-order valence-corrected chi connectivity index (χ3v) is 8.68. The first kappa shape index (κ1) is 28.3. The van der Waals surface area contributed by atoms with E-state index >= 15 is 0 Å². The number of halogens is 1. The number of rotatable bonds is 9. The predicted octanol–water partition coefficient (Wildman–Crippen LogP) is 4.96. The number of nitriles is 1. The van der Waals surface area contributed by atoms with Gasteiger partial charge < -0.3 is 20.5 Å². The molecule has 5 rings (SSSR count). The summed E-state index contributed by atoms with van der Waals surface area (Å²) in [5, 5.41) is 12.5. The number of imidazole rings is 1. The Kier molecular flexibility index (Phi) is 8.62. The molecule has 1 aliphatic heterocycles. The summed E-state index contributed by atoms with van der Waals surface area (Å²) in [6.45, 7) is 0.615. The first-order chi connectivity index (χ1) is 19.8. The number of nitrogens with zero attached hydrogens (tertiary/aromatic N) is 4. The molecule has 208 valence electrons. The monoisotopic (exact) mass is 584 g/mol. The number of amides is 2. The van der Waals surface area contributed by atoms with Crippen molar-refractivity contribution in [3.05, 3.63) is 112 Å². The van der Waals surface area contributed by atoms with E-state index in [-0.39, 0.29) is 18.4 Å². The van der Waals surface area contributed by atoms with Crippen molar-refractivity contribution in [2.75, 3.05) is 17.7 Å². The van der Waals surface area contributed by atoms with Crippen molar-refractivity contribution in [2.24, 2.45) is 5.73 Å². The highest BCUT2D eigenvalue weighted by Crippen LogP contribution is 2.42. The number of carbonyl (C=O) groups is 2. The molecule has 2 heterocycles. The molecule has 0 aliphatic carbocycles. The lowest BCUT2D eigenvalue weighted by Crippen LogP contribution is -2.46. The summed E-state index contributed by atoms with van der Waals surface area (Å²) in [4.78, 5) is 33.2. The minimum atomic E-state index is -0.858. The lowest BCUT2D eigenvalue weighted by molar-refractivity contribution is -0.119. The number of thioether (sulfide) groups is 1. The molecule has 0 bridgehead atoms. The van der Waals surface area contributed by atoms with E-state index in [9.17, 15) is 9.59 Å². The fourth-order valence-electron chi connectivity index (χ4n) is 5.07. The van der Waals surface area contributed by atoms with E-state index in [2.05, 4.69) is 31.9 Å². The second kappa shape index (κ2) is 12.5. The van der Waals surface area contributed by atoms with Crippen LogP contribution in [0.15, 0.2) is 84.1 Å². The fraction of sp³-hybridized carbons (Fsp3) is 0.226. The molecule has 1 aliphatic rings. The van der Waals surface area contributed by atoms with Crippen LogP contribution in [0.25, 0.3) is 0 Å². The van der Waals surface area contributed by atoms with Crippen molar-refractivity contribution < 1.29 is 9.59 Å². The van der Waals surface area contributed by atoms with Crippen LogP contribution in [-0.2, 0) is 17.8 Å². The molecule has 2 amide bonds. The topological polar surface area (TPSA) is 117 Å². The van der Waals surface area contributed by atoms with Gasteiger partial charge in [0.2, 0.25) is 5.91 Å². The maximum atomic E-state index is 13.5. The average molecular weight is 585 g/mol. The van der Waals surface area contributed by atoms with Crippen LogP contribution in [0.5, 0.6) is 0 Å². The van der Waals surface area contributed by atoms with Crippen LogP contribution in [0.4, 0.5) is 5.82 Å². The van der Waals surface area contributed by atoms with Gasteiger partial charge >= 0.3 is 0 Å². The Morgan fingerprint density at radius 1 is 1.17 bits per heavy atom. The fourth-order valence-corrected chi connectivity index (χ4v) is 6.43. The number of primary amides is 1. The number of nitrogens with two attached hydrogens (primary N) is 1. The molecule has 1 aromatic heterocycles. The Morgan fingerprint density at radius 2 is 1.90 bits per heavy atom. The van der Waals surface area contributed by atoms with Crippen LogP contribution in [0.1, 0.15) is 45.1 Å². The molecule has 0 saturated heterocycles. The van der Waals surface area contributed by atoms with Gasteiger partial charge in [-0.25, -0.2) is 4.98 Å². The number of anilines is 1. The van der Waals surface area contributed by atoms with Gasteiger partial charge in [0.15, 0.2) is 0 Å². The van der Waals surface area contributed by atoms with Crippen LogP contribution in [-0.4, -0.2) is 40.2 Å². The lowest BCUT2D eigenvalue weighted by atomic mass is 9.99. The zero-order valence-electron chi connectivity index (χ0n) is 22.5. The third kappa shape index (κ3) is 6.40. The van der Waals surface area contributed by atoms with Gasteiger partial charge in [-0.3, -0.25) is 9.59 Å². The molecule has 8 nitrogen and oxygen atoms in total. The Morgan fingerprint density at radius 3 is 2.61 bits per heavy atom. The molecule has 41 heavy (non-hydrogen) atoms. The van der Waals surface area contributed by atoms with Crippen LogP contribution in [0.2, 0.25) is 5.02 Å². The zero-order valence-corrected chi connectivity index (χ0v) is 24.0. The minimum Gasteiger partial charge on any atom is -0.368 e. The lowest BCUT2D eigenvalue weighted by Gasteiger charge is -2.35. The number of hydrogen-bond acceptors (Lipinski definition) is 6. The molecule has 0 radical (unpaired) electrons. The Bertz CT molecular complexity index is 1600. The standard InChI is InChI=1S/C31H29ClN6O2S/c1-37(28-17-35-19-38(28)18-22-7-5-21(16-33)6-8-22)27-13-14-41-29-24(27)3-2-4-25(29)31(40)36-26(30(34)39)15-20-9-11-23(32)12-10-20/h2-12,17,19,26-27H,13-15,18H2,1H3,(H2,34,39)(H,36,40)/t26-,27?/m0/s1. The normalized spacial score (nSPS) is 14.9. The molecular weight excluding hydrogens is 556 g/mol. The smallest absolute Gasteiger partial charge is 0.253 e. The van der Waals surface area contributed by atoms with Crippen molar-refractivity contribution in [1.82, 2.24) is 14.9 Å². The van der Waals surface area contributed by atoms with E-state index in [1.54, 1.807) is 36.3 Å². The molecule has 4 aromatic rings. The zero-order chi connectivity index (χ0) is 28.9. The van der Waals surface area contributed by atoms with Crippen molar-refractivity contribution in [1.29, 1.82) is 5.26 Å². The summed E-state index contributed by atoms with van der Waals surface area (Å²) in [5.74, 6) is 0.851. The third-order valence-electron chi connectivity index (χ3n) is 7.24. The van der Waals surface area contributed by atoms with Gasteiger partial charge in [-0.1, -0.05) is 48.0 Å².